The molecule has 106 valence electrons. The third-order valence-electron chi connectivity index (χ3n) is 3.48. The van der Waals surface area contributed by atoms with Crippen molar-refractivity contribution < 1.29 is 8.81 Å². The van der Waals surface area contributed by atoms with Gasteiger partial charge >= 0.3 is 0 Å². The van der Waals surface area contributed by atoms with E-state index in [0.29, 0.717) is 12.4 Å². The van der Waals surface area contributed by atoms with Crippen molar-refractivity contribution in [3.8, 4) is 0 Å². The Labute approximate surface area is 122 Å². The number of aromatic nitrogens is 1. The molecule has 1 aliphatic rings. The van der Waals surface area contributed by atoms with Crippen LogP contribution >= 0.6 is 11.8 Å². The molecule has 2 aromatic rings. The predicted octanol–water partition coefficient (Wildman–Crippen LogP) is 3.70. The zero-order valence-corrected chi connectivity index (χ0v) is 12.2. The highest BCUT2D eigenvalue weighted by Crippen LogP contribution is 2.37. The van der Waals surface area contributed by atoms with Crippen LogP contribution in [0.5, 0.6) is 0 Å². The number of halogens is 1. The molecular formula is C15H17FN2OS. The minimum Gasteiger partial charge on any atom is -0.444 e. The van der Waals surface area contributed by atoms with Crippen LogP contribution in [0.3, 0.4) is 0 Å². The lowest BCUT2D eigenvalue weighted by Gasteiger charge is -2.25. The van der Waals surface area contributed by atoms with Gasteiger partial charge in [0.1, 0.15) is 11.6 Å². The van der Waals surface area contributed by atoms with E-state index >= 15 is 0 Å². The zero-order valence-electron chi connectivity index (χ0n) is 11.4. The molecule has 1 unspecified atom stereocenters. The van der Waals surface area contributed by atoms with Crippen molar-refractivity contribution in [2.24, 2.45) is 0 Å². The van der Waals surface area contributed by atoms with Crippen molar-refractivity contribution in [3.05, 3.63) is 47.4 Å². The molecule has 0 amide bonds. The molecule has 0 saturated heterocycles. The van der Waals surface area contributed by atoms with Crippen molar-refractivity contribution in [1.82, 2.24) is 10.3 Å². The highest BCUT2D eigenvalue weighted by Gasteiger charge is 2.23. The molecule has 1 N–H and O–H groups in total. The van der Waals surface area contributed by atoms with Crippen molar-refractivity contribution in [2.75, 3.05) is 5.75 Å². The summed E-state index contributed by atoms with van der Waals surface area (Å²) in [5.41, 5.74) is 1.04. The summed E-state index contributed by atoms with van der Waals surface area (Å²) in [5, 5.41) is 3.42. The van der Waals surface area contributed by atoms with Gasteiger partial charge < -0.3 is 9.73 Å². The molecule has 1 aromatic carbocycles. The Hall–Kier alpha value is -1.33. The van der Waals surface area contributed by atoms with Crippen molar-refractivity contribution in [1.29, 1.82) is 0 Å². The molecule has 3 rings (SSSR count). The van der Waals surface area contributed by atoms with Crippen LogP contribution in [-0.2, 0) is 13.0 Å². The summed E-state index contributed by atoms with van der Waals surface area (Å²) in [5.74, 6) is 2.39. The number of hydrogen-bond acceptors (Lipinski definition) is 4. The minimum atomic E-state index is -0.122. The van der Waals surface area contributed by atoms with E-state index in [-0.39, 0.29) is 11.9 Å². The standard InChI is InChI=1S/C15H17FN2OS/c1-2-10-8-18-14(19-10)9-17-13-6-7-20-15-11(13)4-3-5-12(15)16/h3-5,8,13,17H,2,6-7,9H2,1H3. The Morgan fingerprint density at radius 1 is 1.50 bits per heavy atom. The van der Waals surface area contributed by atoms with Crippen LogP contribution in [0.2, 0.25) is 0 Å². The van der Waals surface area contributed by atoms with Gasteiger partial charge in [-0.3, -0.25) is 0 Å². The second-order valence-corrected chi connectivity index (χ2v) is 5.91. The SMILES string of the molecule is CCc1cnc(CNC2CCSc3c(F)cccc32)o1. The maximum absolute atomic E-state index is 13.8. The van der Waals surface area contributed by atoms with Crippen molar-refractivity contribution >= 4 is 11.8 Å². The van der Waals surface area contributed by atoms with Crippen LogP contribution in [0, 0.1) is 5.82 Å². The quantitative estimate of drug-likeness (QED) is 0.932. The maximum Gasteiger partial charge on any atom is 0.208 e. The summed E-state index contributed by atoms with van der Waals surface area (Å²) < 4.78 is 19.4. The third-order valence-corrected chi connectivity index (χ3v) is 4.63. The molecule has 0 fully saturated rings. The summed E-state index contributed by atoms with van der Waals surface area (Å²) in [7, 11) is 0. The molecule has 0 bridgehead atoms. The van der Waals surface area contributed by atoms with E-state index in [9.17, 15) is 4.39 Å². The molecule has 0 saturated carbocycles. The number of nitrogens with one attached hydrogen (secondary N) is 1. The first-order valence-electron chi connectivity index (χ1n) is 6.86. The molecule has 0 radical (unpaired) electrons. The van der Waals surface area contributed by atoms with Crippen LogP contribution in [0.15, 0.2) is 33.7 Å². The average molecular weight is 292 g/mol. The van der Waals surface area contributed by atoms with Crippen LogP contribution in [0.4, 0.5) is 4.39 Å². The Bertz CT molecular complexity index is 599. The van der Waals surface area contributed by atoms with Gasteiger partial charge in [-0.15, -0.1) is 11.8 Å². The highest BCUT2D eigenvalue weighted by molar-refractivity contribution is 7.99. The van der Waals surface area contributed by atoms with E-state index in [1.165, 1.54) is 6.07 Å². The van der Waals surface area contributed by atoms with Crippen molar-refractivity contribution in [3.63, 3.8) is 0 Å². The Morgan fingerprint density at radius 3 is 3.20 bits per heavy atom. The van der Waals surface area contributed by atoms with Gasteiger partial charge in [-0.1, -0.05) is 19.1 Å². The van der Waals surface area contributed by atoms with Gasteiger partial charge in [0.05, 0.1) is 12.7 Å². The topological polar surface area (TPSA) is 38.1 Å². The molecule has 2 heterocycles. The van der Waals surface area contributed by atoms with Crippen LogP contribution in [-0.4, -0.2) is 10.7 Å². The van der Waals surface area contributed by atoms with Gasteiger partial charge in [0, 0.05) is 17.4 Å². The second kappa shape index (κ2) is 5.97. The molecule has 0 spiro atoms. The zero-order chi connectivity index (χ0) is 13.9. The number of fused-ring (bicyclic) bond motifs is 1. The normalized spacial score (nSPS) is 18.0. The number of hydrogen-bond donors (Lipinski definition) is 1. The maximum atomic E-state index is 13.8. The molecule has 0 aliphatic carbocycles. The fourth-order valence-corrected chi connectivity index (χ4v) is 3.54. The minimum absolute atomic E-state index is 0.122. The summed E-state index contributed by atoms with van der Waals surface area (Å²) in [6.45, 7) is 2.61. The third kappa shape index (κ3) is 2.74. The molecule has 1 aliphatic heterocycles. The number of aryl methyl sites for hydroxylation is 1. The van der Waals surface area contributed by atoms with Gasteiger partial charge in [0.2, 0.25) is 5.89 Å². The van der Waals surface area contributed by atoms with E-state index in [2.05, 4.69) is 10.3 Å². The van der Waals surface area contributed by atoms with Gasteiger partial charge in [-0.2, -0.15) is 0 Å². The summed E-state index contributed by atoms with van der Waals surface area (Å²) in [4.78, 5) is 5.01. The van der Waals surface area contributed by atoms with E-state index in [0.717, 1.165) is 34.8 Å². The number of thioether (sulfide) groups is 1. The first-order valence-corrected chi connectivity index (χ1v) is 7.84. The largest absolute Gasteiger partial charge is 0.444 e. The molecule has 5 heteroatoms. The van der Waals surface area contributed by atoms with Gasteiger partial charge in [-0.25, -0.2) is 9.37 Å². The lowest BCUT2D eigenvalue weighted by Crippen LogP contribution is -2.24. The summed E-state index contributed by atoms with van der Waals surface area (Å²) in [6.07, 6.45) is 3.60. The highest BCUT2D eigenvalue weighted by atomic mass is 32.2. The second-order valence-electron chi connectivity index (χ2n) is 4.80. The molecule has 1 atom stereocenters. The fraction of sp³-hybridized carbons (Fsp3) is 0.400. The Morgan fingerprint density at radius 2 is 2.40 bits per heavy atom. The van der Waals surface area contributed by atoms with Gasteiger partial charge in [0.15, 0.2) is 0 Å². The van der Waals surface area contributed by atoms with Crippen LogP contribution < -0.4 is 5.32 Å². The predicted molar refractivity (Wildman–Crippen MR) is 77.2 cm³/mol. The number of oxazole rings is 1. The molecule has 3 nitrogen and oxygen atoms in total. The van der Waals surface area contributed by atoms with Crippen LogP contribution in [0.25, 0.3) is 0 Å². The summed E-state index contributed by atoms with van der Waals surface area (Å²) >= 11 is 1.59. The average Bonchev–Trinajstić information content (AvgIpc) is 2.94. The Balaban J connectivity index is 1.71. The van der Waals surface area contributed by atoms with E-state index in [4.69, 9.17) is 4.42 Å². The fourth-order valence-electron chi connectivity index (χ4n) is 2.40. The smallest absolute Gasteiger partial charge is 0.208 e. The first-order chi connectivity index (χ1) is 9.78. The Kier molecular flexibility index (Phi) is 4.08. The van der Waals surface area contributed by atoms with E-state index in [1.54, 1.807) is 24.0 Å². The monoisotopic (exact) mass is 292 g/mol. The number of benzene rings is 1. The number of rotatable bonds is 4. The van der Waals surface area contributed by atoms with Crippen LogP contribution in [0.1, 0.15) is 36.6 Å². The van der Waals surface area contributed by atoms with Gasteiger partial charge in [-0.05, 0) is 23.8 Å². The lowest BCUT2D eigenvalue weighted by molar-refractivity contribution is 0.409. The van der Waals surface area contributed by atoms with Crippen molar-refractivity contribution in [2.45, 2.75) is 37.2 Å². The van der Waals surface area contributed by atoms with E-state index < -0.39 is 0 Å². The first kappa shape index (κ1) is 13.6. The van der Waals surface area contributed by atoms with Gasteiger partial charge in [0.25, 0.3) is 0 Å². The summed E-state index contributed by atoms with van der Waals surface area (Å²) in [6, 6.07) is 5.46. The molecule has 1 aromatic heterocycles. The molecular weight excluding hydrogens is 275 g/mol. The molecule has 20 heavy (non-hydrogen) atoms. The number of nitrogens with zero attached hydrogens (tertiary/aromatic N) is 1. The van der Waals surface area contributed by atoms with E-state index in [1.807, 2.05) is 13.0 Å². The lowest BCUT2D eigenvalue weighted by atomic mass is 10.0.